The Labute approximate surface area is 114 Å². The van der Waals surface area contributed by atoms with Gasteiger partial charge in [-0.15, -0.1) is 0 Å². The summed E-state index contributed by atoms with van der Waals surface area (Å²) in [6.07, 6.45) is 3.68. The molecule has 1 amide bonds. The van der Waals surface area contributed by atoms with Gasteiger partial charge in [0.1, 0.15) is 6.33 Å². The number of aryl methyl sites for hydroxylation is 1. The van der Waals surface area contributed by atoms with Crippen LogP contribution in [-0.2, 0) is 11.8 Å². The topological polar surface area (TPSA) is 85.8 Å². The van der Waals surface area contributed by atoms with Crippen molar-refractivity contribution in [1.82, 2.24) is 14.8 Å². The molecule has 0 saturated heterocycles. The molecule has 0 aliphatic heterocycles. The number of nitrogens with zero attached hydrogens (tertiary/aromatic N) is 3. The first-order valence-electron chi connectivity index (χ1n) is 6.68. The smallest absolute Gasteiger partial charge is 0.227 e. The number of anilines is 1. The van der Waals surface area contributed by atoms with Crippen LogP contribution in [0.1, 0.15) is 40.0 Å². The molecule has 6 nitrogen and oxygen atoms in total. The van der Waals surface area contributed by atoms with E-state index in [9.17, 15) is 4.79 Å². The Hall–Kier alpha value is -1.43. The first-order valence-corrected chi connectivity index (χ1v) is 6.68. The molecule has 6 heteroatoms. The number of hydrogen-bond acceptors (Lipinski definition) is 4. The van der Waals surface area contributed by atoms with Gasteiger partial charge in [-0.25, -0.2) is 4.68 Å². The highest BCUT2D eigenvalue weighted by Gasteiger charge is 2.24. The third kappa shape index (κ3) is 4.98. The van der Waals surface area contributed by atoms with Crippen LogP contribution in [-0.4, -0.2) is 27.2 Å². The van der Waals surface area contributed by atoms with E-state index in [-0.39, 0.29) is 11.3 Å². The van der Waals surface area contributed by atoms with Gasteiger partial charge in [-0.1, -0.05) is 20.8 Å². The maximum Gasteiger partial charge on any atom is 0.227 e. The minimum Gasteiger partial charge on any atom is -0.330 e. The van der Waals surface area contributed by atoms with Crippen LogP contribution in [0.15, 0.2) is 6.33 Å². The second kappa shape index (κ2) is 6.65. The van der Waals surface area contributed by atoms with Crippen LogP contribution in [0.2, 0.25) is 0 Å². The van der Waals surface area contributed by atoms with E-state index in [0.29, 0.717) is 24.8 Å². The summed E-state index contributed by atoms with van der Waals surface area (Å²) >= 11 is 0. The maximum atomic E-state index is 11.9. The van der Waals surface area contributed by atoms with Crippen LogP contribution in [0.25, 0.3) is 0 Å². The average molecular weight is 267 g/mol. The lowest BCUT2D eigenvalue weighted by molar-refractivity contribution is -0.116. The summed E-state index contributed by atoms with van der Waals surface area (Å²) in [6.45, 7) is 7.22. The van der Waals surface area contributed by atoms with E-state index in [0.717, 1.165) is 12.8 Å². The number of aromatic nitrogens is 3. The Balaban J connectivity index is 2.46. The van der Waals surface area contributed by atoms with Gasteiger partial charge in [-0.2, -0.15) is 10.1 Å². The monoisotopic (exact) mass is 267 g/mol. The van der Waals surface area contributed by atoms with Crippen LogP contribution < -0.4 is 11.1 Å². The fourth-order valence-corrected chi connectivity index (χ4v) is 2.11. The van der Waals surface area contributed by atoms with Gasteiger partial charge < -0.3 is 5.73 Å². The number of amides is 1. The zero-order valence-corrected chi connectivity index (χ0v) is 12.3. The third-order valence-corrected chi connectivity index (χ3v) is 3.42. The van der Waals surface area contributed by atoms with Crippen molar-refractivity contribution in [1.29, 1.82) is 0 Å². The van der Waals surface area contributed by atoms with Crippen molar-refractivity contribution in [2.75, 3.05) is 11.9 Å². The molecule has 1 aromatic rings. The van der Waals surface area contributed by atoms with Crippen molar-refractivity contribution in [3.05, 3.63) is 6.33 Å². The van der Waals surface area contributed by atoms with E-state index in [2.05, 4.69) is 36.2 Å². The molecule has 0 aliphatic rings. The second-order valence-electron chi connectivity index (χ2n) is 5.93. The van der Waals surface area contributed by atoms with Crippen molar-refractivity contribution < 1.29 is 4.79 Å². The zero-order chi connectivity index (χ0) is 14.5. The highest BCUT2D eigenvalue weighted by atomic mass is 16.1. The molecule has 0 fully saturated rings. The first-order chi connectivity index (χ1) is 8.84. The number of nitrogens with two attached hydrogens (primary N) is 1. The number of nitrogens with one attached hydrogen (secondary N) is 1. The van der Waals surface area contributed by atoms with Crippen LogP contribution in [0.4, 0.5) is 5.95 Å². The Morgan fingerprint density at radius 2 is 2.16 bits per heavy atom. The molecule has 1 unspecified atom stereocenters. The predicted octanol–water partition coefficient (Wildman–Crippen LogP) is 1.54. The summed E-state index contributed by atoms with van der Waals surface area (Å²) in [5, 5.41) is 6.67. The van der Waals surface area contributed by atoms with Crippen molar-refractivity contribution in [2.45, 2.75) is 40.0 Å². The van der Waals surface area contributed by atoms with Crippen LogP contribution >= 0.6 is 0 Å². The van der Waals surface area contributed by atoms with Crippen molar-refractivity contribution in [3.8, 4) is 0 Å². The van der Waals surface area contributed by atoms with Gasteiger partial charge in [-0.05, 0) is 30.7 Å². The van der Waals surface area contributed by atoms with Crippen LogP contribution in [0.5, 0.6) is 0 Å². The van der Waals surface area contributed by atoms with E-state index in [1.807, 2.05) is 0 Å². The van der Waals surface area contributed by atoms with Gasteiger partial charge in [0.2, 0.25) is 11.9 Å². The standard InChI is InChI=1S/C13H25N5O/c1-13(2,3)10(7-8-14)5-6-11(19)17-12-15-9-16-18(12)4/h9-10H,5-8,14H2,1-4H3,(H,15,16,17,19). The average Bonchev–Trinajstić information content (AvgIpc) is 2.69. The van der Waals surface area contributed by atoms with Crippen molar-refractivity contribution in [3.63, 3.8) is 0 Å². The third-order valence-electron chi connectivity index (χ3n) is 3.42. The van der Waals surface area contributed by atoms with Gasteiger partial charge in [0.15, 0.2) is 0 Å². The second-order valence-corrected chi connectivity index (χ2v) is 5.93. The lowest BCUT2D eigenvalue weighted by Gasteiger charge is -2.30. The van der Waals surface area contributed by atoms with Gasteiger partial charge in [0, 0.05) is 13.5 Å². The predicted molar refractivity (Wildman–Crippen MR) is 75.5 cm³/mol. The lowest BCUT2D eigenvalue weighted by Crippen LogP contribution is -2.25. The van der Waals surface area contributed by atoms with Gasteiger partial charge >= 0.3 is 0 Å². The van der Waals surface area contributed by atoms with Crippen LogP contribution in [0, 0.1) is 11.3 Å². The normalized spacial score (nSPS) is 13.3. The summed E-state index contributed by atoms with van der Waals surface area (Å²) in [5.41, 5.74) is 5.81. The Morgan fingerprint density at radius 1 is 1.47 bits per heavy atom. The Morgan fingerprint density at radius 3 is 2.63 bits per heavy atom. The molecule has 0 aromatic carbocycles. The number of rotatable bonds is 6. The van der Waals surface area contributed by atoms with Gasteiger partial charge in [0.25, 0.3) is 0 Å². The molecule has 0 radical (unpaired) electrons. The molecule has 1 rings (SSSR count). The quantitative estimate of drug-likeness (QED) is 0.818. The fourth-order valence-electron chi connectivity index (χ4n) is 2.11. The molecule has 0 saturated carbocycles. The van der Waals surface area contributed by atoms with Crippen molar-refractivity contribution >= 4 is 11.9 Å². The molecular formula is C13H25N5O. The fraction of sp³-hybridized carbons (Fsp3) is 0.769. The highest BCUT2D eigenvalue weighted by Crippen LogP contribution is 2.32. The summed E-state index contributed by atoms with van der Waals surface area (Å²) < 4.78 is 1.54. The summed E-state index contributed by atoms with van der Waals surface area (Å²) in [7, 11) is 1.75. The summed E-state index contributed by atoms with van der Waals surface area (Å²) in [6, 6.07) is 0. The summed E-state index contributed by atoms with van der Waals surface area (Å²) in [5.74, 6) is 0.904. The Bertz CT molecular complexity index is 407. The number of carbonyl (C=O) groups excluding carboxylic acids is 1. The van der Waals surface area contributed by atoms with Gasteiger partial charge in [0.05, 0.1) is 0 Å². The minimum absolute atomic E-state index is 0.0256. The van der Waals surface area contributed by atoms with E-state index in [1.54, 1.807) is 11.7 Å². The number of hydrogen-bond donors (Lipinski definition) is 2. The molecule has 1 atom stereocenters. The molecule has 0 aliphatic carbocycles. The number of carbonyl (C=O) groups is 1. The molecule has 1 aromatic heterocycles. The van der Waals surface area contributed by atoms with E-state index >= 15 is 0 Å². The van der Waals surface area contributed by atoms with E-state index in [4.69, 9.17) is 5.73 Å². The zero-order valence-electron chi connectivity index (χ0n) is 12.3. The molecule has 0 bridgehead atoms. The molecular weight excluding hydrogens is 242 g/mol. The van der Waals surface area contributed by atoms with Crippen molar-refractivity contribution in [2.24, 2.45) is 24.1 Å². The largest absolute Gasteiger partial charge is 0.330 e. The molecule has 0 spiro atoms. The first kappa shape index (κ1) is 15.6. The summed E-state index contributed by atoms with van der Waals surface area (Å²) in [4.78, 5) is 15.8. The van der Waals surface area contributed by atoms with E-state index in [1.165, 1.54) is 6.33 Å². The lowest BCUT2D eigenvalue weighted by atomic mass is 9.76. The molecule has 1 heterocycles. The SMILES string of the molecule is Cn1ncnc1NC(=O)CCC(CCN)C(C)(C)C. The maximum absolute atomic E-state index is 11.9. The van der Waals surface area contributed by atoms with Gasteiger partial charge in [-0.3, -0.25) is 10.1 Å². The molecule has 3 N–H and O–H groups in total. The molecule has 19 heavy (non-hydrogen) atoms. The molecule has 108 valence electrons. The van der Waals surface area contributed by atoms with Crippen LogP contribution in [0.3, 0.4) is 0 Å². The Kier molecular flexibility index (Phi) is 5.47. The highest BCUT2D eigenvalue weighted by molar-refractivity contribution is 5.88. The van der Waals surface area contributed by atoms with E-state index < -0.39 is 0 Å². The minimum atomic E-state index is -0.0256.